The molecule has 0 spiro atoms. The summed E-state index contributed by atoms with van der Waals surface area (Å²) in [6, 6.07) is 9.29. The second kappa shape index (κ2) is 6.23. The van der Waals surface area contributed by atoms with Crippen LogP contribution in [0.2, 0.25) is 10.0 Å². The number of nitrogens with one attached hydrogen (secondary N) is 1. The van der Waals surface area contributed by atoms with Crippen LogP contribution in [0.5, 0.6) is 0 Å². The van der Waals surface area contributed by atoms with E-state index in [0.717, 1.165) is 27.7 Å². The summed E-state index contributed by atoms with van der Waals surface area (Å²) in [5, 5.41) is 2.25. The molecule has 118 valence electrons. The monoisotopic (exact) mass is 354 g/mol. The first-order valence-corrected chi connectivity index (χ1v) is 8.13. The molecule has 0 aliphatic heterocycles. The molecular formula is C18H12Cl2N4. The Morgan fingerprint density at radius 2 is 1.83 bits per heavy atom. The lowest BCUT2D eigenvalue weighted by molar-refractivity contribution is 0.972. The summed E-state index contributed by atoms with van der Waals surface area (Å²) in [4.78, 5) is 16.5. The summed E-state index contributed by atoms with van der Waals surface area (Å²) >= 11 is 12.1. The SMILES string of the molecule is Clc1cc(Cl)cc(Cc2nccc(-c3c[nH]c4ccncc34)n2)c1. The van der Waals surface area contributed by atoms with Gasteiger partial charge in [0.25, 0.3) is 0 Å². The molecular weight excluding hydrogens is 343 g/mol. The van der Waals surface area contributed by atoms with Crippen molar-refractivity contribution in [2.45, 2.75) is 6.42 Å². The summed E-state index contributed by atoms with van der Waals surface area (Å²) in [6.07, 6.45) is 7.86. The average Bonchev–Trinajstić information content (AvgIpc) is 2.98. The maximum Gasteiger partial charge on any atom is 0.133 e. The number of benzene rings is 1. The van der Waals surface area contributed by atoms with E-state index < -0.39 is 0 Å². The van der Waals surface area contributed by atoms with Gasteiger partial charge in [-0.25, -0.2) is 9.97 Å². The number of fused-ring (bicyclic) bond motifs is 1. The summed E-state index contributed by atoms with van der Waals surface area (Å²) < 4.78 is 0. The highest BCUT2D eigenvalue weighted by atomic mass is 35.5. The molecule has 1 aromatic carbocycles. The van der Waals surface area contributed by atoms with Crippen LogP contribution in [0.1, 0.15) is 11.4 Å². The third kappa shape index (κ3) is 2.98. The molecule has 0 aliphatic carbocycles. The van der Waals surface area contributed by atoms with E-state index in [0.29, 0.717) is 22.3 Å². The molecule has 0 aliphatic rings. The summed E-state index contributed by atoms with van der Waals surface area (Å²) in [7, 11) is 0. The van der Waals surface area contributed by atoms with E-state index in [9.17, 15) is 0 Å². The number of nitrogens with zero attached hydrogens (tertiary/aromatic N) is 3. The van der Waals surface area contributed by atoms with Crippen molar-refractivity contribution in [3.63, 3.8) is 0 Å². The van der Waals surface area contributed by atoms with Gasteiger partial charge in [0.2, 0.25) is 0 Å². The predicted octanol–water partition coefficient (Wildman–Crippen LogP) is 4.92. The van der Waals surface area contributed by atoms with Gasteiger partial charge in [-0.3, -0.25) is 4.98 Å². The maximum absolute atomic E-state index is 6.06. The lowest BCUT2D eigenvalue weighted by Gasteiger charge is -2.05. The molecule has 0 amide bonds. The normalized spacial score (nSPS) is 11.1. The first kappa shape index (κ1) is 15.1. The lowest BCUT2D eigenvalue weighted by atomic mass is 10.1. The van der Waals surface area contributed by atoms with Crippen molar-refractivity contribution < 1.29 is 0 Å². The Labute approximate surface area is 148 Å². The van der Waals surface area contributed by atoms with E-state index in [2.05, 4.69) is 19.9 Å². The molecule has 0 atom stereocenters. The third-order valence-corrected chi connectivity index (χ3v) is 4.19. The average molecular weight is 355 g/mol. The van der Waals surface area contributed by atoms with Crippen molar-refractivity contribution in [3.05, 3.63) is 76.6 Å². The maximum atomic E-state index is 6.06. The number of hydrogen-bond donors (Lipinski definition) is 1. The van der Waals surface area contributed by atoms with Crippen molar-refractivity contribution in [3.8, 4) is 11.3 Å². The molecule has 1 N–H and O–H groups in total. The lowest BCUT2D eigenvalue weighted by Crippen LogP contribution is -1.97. The van der Waals surface area contributed by atoms with Gasteiger partial charge >= 0.3 is 0 Å². The van der Waals surface area contributed by atoms with Crippen molar-refractivity contribution in [2.75, 3.05) is 0 Å². The molecule has 4 rings (SSSR count). The van der Waals surface area contributed by atoms with Crippen molar-refractivity contribution >= 4 is 34.1 Å². The number of H-pyrrole nitrogens is 1. The molecule has 0 radical (unpaired) electrons. The minimum Gasteiger partial charge on any atom is -0.360 e. The molecule has 0 fully saturated rings. The van der Waals surface area contributed by atoms with Crippen LogP contribution >= 0.6 is 23.2 Å². The van der Waals surface area contributed by atoms with Crippen LogP contribution in [-0.2, 0) is 6.42 Å². The summed E-state index contributed by atoms with van der Waals surface area (Å²) in [6.45, 7) is 0. The van der Waals surface area contributed by atoms with Gasteiger partial charge < -0.3 is 4.98 Å². The molecule has 24 heavy (non-hydrogen) atoms. The quantitative estimate of drug-likeness (QED) is 0.568. The number of aromatic nitrogens is 4. The number of rotatable bonds is 3. The van der Waals surface area contributed by atoms with Crippen LogP contribution in [0, 0.1) is 0 Å². The highest BCUT2D eigenvalue weighted by Gasteiger charge is 2.09. The molecule has 6 heteroatoms. The Morgan fingerprint density at radius 1 is 1.00 bits per heavy atom. The van der Waals surface area contributed by atoms with Crippen molar-refractivity contribution in [2.24, 2.45) is 0 Å². The Hall–Kier alpha value is -2.43. The fourth-order valence-electron chi connectivity index (χ4n) is 2.70. The third-order valence-electron chi connectivity index (χ3n) is 3.75. The molecule has 0 saturated heterocycles. The molecule has 0 unspecified atom stereocenters. The largest absolute Gasteiger partial charge is 0.360 e. The van der Waals surface area contributed by atoms with Gasteiger partial charge in [-0.1, -0.05) is 23.2 Å². The number of pyridine rings is 1. The van der Waals surface area contributed by atoms with Crippen LogP contribution in [0.4, 0.5) is 0 Å². The topological polar surface area (TPSA) is 54.5 Å². The first-order chi connectivity index (χ1) is 11.7. The Bertz CT molecular complexity index is 1010. The number of aromatic amines is 1. The van der Waals surface area contributed by atoms with E-state index in [1.165, 1.54) is 0 Å². The van der Waals surface area contributed by atoms with Gasteiger partial charge in [-0.15, -0.1) is 0 Å². The first-order valence-electron chi connectivity index (χ1n) is 7.37. The van der Waals surface area contributed by atoms with Crippen molar-refractivity contribution in [1.82, 2.24) is 19.9 Å². The minimum absolute atomic E-state index is 0.564. The van der Waals surface area contributed by atoms with Crippen LogP contribution in [0.15, 0.2) is 55.1 Å². The van der Waals surface area contributed by atoms with Gasteiger partial charge in [0.1, 0.15) is 5.82 Å². The van der Waals surface area contributed by atoms with Crippen LogP contribution < -0.4 is 0 Å². The smallest absolute Gasteiger partial charge is 0.133 e. The van der Waals surface area contributed by atoms with Crippen LogP contribution in [-0.4, -0.2) is 19.9 Å². The molecule has 4 nitrogen and oxygen atoms in total. The molecule has 0 saturated carbocycles. The molecule has 3 aromatic heterocycles. The fraction of sp³-hybridized carbons (Fsp3) is 0.0556. The Balaban J connectivity index is 1.71. The van der Waals surface area contributed by atoms with E-state index in [-0.39, 0.29) is 0 Å². The molecule has 4 aromatic rings. The standard InChI is InChI=1S/C18H12Cl2N4/c19-12-5-11(6-13(20)8-12)7-18-22-4-2-17(24-18)15-10-23-16-1-3-21-9-14(15)16/h1-6,8-10,23H,7H2. The Morgan fingerprint density at radius 3 is 2.67 bits per heavy atom. The highest BCUT2D eigenvalue weighted by molar-refractivity contribution is 6.34. The van der Waals surface area contributed by atoms with Gasteiger partial charge in [0, 0.05) is 57.7 Å². The minimum atomic E-state index is 0.564. The van der Waals surface area contributed by atoms with Crippen LogP contribution in [0.25, 0.3) is 22.2 Å². The van der Waals surface area contributed by atoms with E-state index in [1.54, 1.807) is 18.5 Å². The van der Waals surface area contributed by atoms with E-state index >= 15 is 0 Å². The predicted molar refractivity (Wildman–Crippen MR) is 96.4 cm³/mol. The van der Waals surface area contributed by atoms with E-state index in [4.69, 9.17) is 23.2 Å². The van der Waals surface area contributed by atoms with Gasteiger partial charge in [-0.05, 0) is 35.9 Å². The number of hydrogen-bond acceptors (Lipinski definition) is 3. The van der Waals surface area contributed by atoms with Gasteiger partial charge in [0.15, 0.2) is 0 Å². The second-order valence-electron chi connectivity index (χ2n) is 5.44. The second-order valence-corrected chi connectivity index (χ2v) is 6.31. The van der Waals surface area contributed by atoms with Crippen molar-refractivity contribution in [1.29, 1.82) is 0 Å². The summed E-state index contributed by atoms with van der Waals surface area (Å²) in [5.74, 6) is 0.712. The molecule has 0 bridgehead atoms. The molecule has 3 heterocycles. The summed E-state index contributed by atoms with van der Waals surface area (Å²) in [5.41, 5.74) is 3.87. The zero-order chi connectivity index (χ0) is 16.5. The fourth-order valence-corrected chi connectivity index (χ4v) is 3.28. The van der Waals surface area contributed by atoms with Crippen LogP contribution in [0.3, 0.4) is 0 Å². The highest BCUT2D eigenvalue weighted by Crippen LogP contribution is 2.26. The Kier molecular flexibility index (Phi) is 3.92. The van der Waals surface area contributed by atoms with E-state index in [1.807, 2.05) is 36.7 Å². The zero-order valence-electron chi connectivity index (χ0n) is 12.5. The van der Waals surface area contributed by atoms with Gasteiger partial charge in [-0.2, -0.15) is 0 Å². The zero-order valence-corrected chi connectivity index (χ0v) is 14.0. The number of halogens is 2. The van der Waals surface area contributed by atoms with Gasteiger partial charge in [0.05, 0.1) is 5.69 Å².